The van der Waals surface area contributed by atoms with E-state index in [4.69, 9.17) is 19.1 Å². The van der Waals surface area contributed by atoms with E-state index in [1.165, 1.54) is 12.1 Å². The molecule has 7 heteroatoms. The molecule has 1 aromatic rings. The van der Waals surface area contributed by atoms with Gasteiger partial charge >= 0.3 is 41.2 Å². The van der Waals surface area contributed by atoms with E-state index in [1.807, 2.05) is 0 Å². The molecule has 0 aliphatic heterocycles. The first-order valence-electron chi connectivity index (χ1n) is 3.17. The maximum absolute atomic E-state index is 11.9. The molecule has 1 aromatic carbocycles. The molecule has 0 amide bonds. The summed E-state index contributed by atoms with van der Waals surface area (Å²) in [7, 11) is 12.0. The van der Waals surface area contributed by atoms with Gasteiger partial charge in [0.15, 0.2) is 0 Å². The predicted octanol–water partition coefficient (Wildman–Crippen LogP) is 3.58. The van der Waals surface area contributed by atoms with Crippen molar-refractivity contribution in [3.63, 3.8) is 0 Å². The van der Waals surface area contributed by atoms with Crippen LogP contribution in [0.15, 0.2) is 24.3 Å². The summed E-state index contributed by atoms with van der Waals surface area (Å²) < 4.78 is 35.7. The number of hydrogen-bond acceptors (Lipinski definition) is 0. The molecule has 1 atom stereocenters. The number of hydrogen-bond donors (Lipinski definition) is 0. The minimum absolute atomic E-state index is 0.106. The normalized spacial score (nSPS) is 10.7. The molecule has 1 unspecified atom stereocenters. The first-order chi connectivity index (χ1) is 6.41. The summed E-state index contributed by atoms with van der Waals surface area (Å²) in [5.41, 5.74) is -0.608. The molecular formula is C7H6Cl2F3PPd. The van der Waals surface area contributed by atoms with Crippen molar-refractivity contribution in [2.45, 2.75) is 6.18 Å². The van der Waals surface area contributed by atoms with E-state index in [2.05, 4.69) is 9.24 Å². The second-order valence-electron chi connectivity index (χ2n) is 2.16. The van der Waals surface area contributed by atoms with Crippen LogP contribution in [-0.2, 0) is 22.1 Å². The molecule has 0 aliphatic rings. The topological polar surface area (TPSA) is 0 Å². The summed E-state index contributed by atoms with van der Waals surface area (Å²) in [6.45, 7) is 0. The van der Waals surface area contributed by atoms with E-state index >= 15 is 0 Å². The third-order valence-corrected chi connectivity index (χ3v) is 1.62. The van der Waals surface area contributed by atoms with Gasteiger partial charge in [0.1, 0.15) is 0 Å². The van der Waals surface area contributed by atoms with Gasteiger partial charge in [0.25, 0.3) is 0 Å². The summed E-state index contributed by atoms with van der Waals surface area (Å²) in [6.07, 6.45) is -4.22. The summed E-state index contributed by atoms with van der Waals surface area (Å²) in [5.74, 6) is 0. The Labute approximate surface area is 98.5 Å². The Morgan fingerprint density at radius 2 is 1.43 bits per heavy atom. The molecule has 0 fully saturated rings. The Bertz CT molecular complexity index is 263. The Morgan fingerprint density at radius 3 is 1.71 bits per heavy atom. The van der Waals surface area contributed by atoms with Gasteiger partial charge in [-0.2, -0.15) is 13.2 Å². The van der Waals surface area contributed by atoms with Crippen LogP contribution in [0, 0.1) is 0 Å². The van der Waals surface area contributed by atoms with E-state index in [0.29, 0.717) is 0 Å². The minimum atomic E-state index is -4.22. The summed E-state index contributed by atoms with van der Waals surface area (Å²) >= 11 is -0.106. The van der Waals surface area contributed by atoms with Crippen molar-refractivity contribution < 1.29 is 29.1 Å². The van der Waals surface area contributed by atoms with E-state index in [-0.39, 0.29) is 15.9 Å². The van der Waals surface area contributed by atoms with Crippen LogP contribution >= 0.6 is 28.3 Å². The quantitative estimate of drug-likeness (QED) is 0.493. The average Bonchev–Trinajstić information content (AvgIpc) is 2.04. The van der Waals surface area contributed by atoms with Gasteiger partial charge in [-0.05, 0) is 17.4 Å². The fourth-order valence-electron chi connectivity index (χ4n) is 0.672. The molecule has 0 bridgehead atoms. The van der Waals surface area contributed by atoms with Crippen LogP contribution in [0.5, 0.6) is 0 Å². The van der Waals surface area contributed by atoms with Crippen LogP contribution in [0.1, 0.15) is 5.56 Å². The van der Waals surface area contributed by atoms with Crippen LogP contribution in [0.3, 0.4) is 0 Å². The molecule has 0 aliphatic carbocycles. The van der Waals surface area contributed by atoms with Crippen LogP contribution in [0.2, 0.25) is 0 Å². The van der Waals surface area contributed by atoms with Crippen molar-refractivity contribution in [1.29, 1.82) is 0 Å². The average molecular weight is 355 g/mol. The van der Waals surface area contributed by atoms with Crippen molar-refractivity contribution in [3.05, 3.63) is 29.8 Å². The van der Waals surface area contributed by atoms with Gasteiger partial charge in [-0.25, -0.2) is 0 Å². The van der Waals surface area contributed by atoms with E-state index < -0.39 is 11.7 Å². The second-order valence-corrected chi connectivity index (χ2v) is 5.19. The molecule has 0 saturated carbocycles. The third-order valence-electron chi connectivity index (χ3n) is 1.24. The first-order valence-corrected chi connectivity index (χ1v) is 7.75. The first kappa shape index (κ1) is 14.7. The van der Waals surface area contributed by atoms with Crippen molar-refractivity contribution in [2.75, 3.05) is 0 Å². The zero-order valence-electron chi connectivity index (χ0n) is 6.59. The zero-order valence-corrected chi connectivity index (χ0v) is 10.8. The molecule has 0 saturated heterocycles. The molecular weight excluding hydrogens is 349 g/mol. The molecule has 0 aromatic heterocycles. The Hall–Kier alpha value is 0.682. The van der Waals surface area contributed by atoms with Crippen molar-refractivity contribution in [1.82, 2.24) is 0 Å². The van der Waals surface area contributed by atoms with E-state index in [0.717, 1.165) is 17.4 Å². The standard InChI is InChI=1S/C7H6F3P.2ClH.Pd/c8-7(9,10)5-1-3-6(11)4-2-5;;;/h1-4H,11H2;2*1H;/q;;;+2/p-2. The van der Waals surface area contributed by atoms with Gasteiger partial charge < -0.3 is 0 Å². The number of halogens is 5. The maximum atomic E-state index is 11.9. The van der Waals surface area contributed by atoms with Gasteiger partial charge in [-0.3, -0.25) is 0 Å². The Morgan fingerprint density at radius 1 is 1.07 bits per heavy atom. The van der Waals surface area contributed by atoms with E-state index in [9.17, 15) is 13.2 Å². The molecule has 0 heterocycles. The third kappa shape index (κ3) is 6.22. The fourth-order valence-corrected chi connectivity index (χ4v) is 0.865. The van der Waals surface area contributed by atoms with Crippen LogP contribution in [0.25, 0.3) is 0 Å². The summed E-state index contributed by atoms with van der Waals surface area (Å²) in [6, 6.07) is 4.94. The molecule has 0 radical (unpaired) electrons. The van der Waals surface area contributed by atoms with Crippen molar-refractivity contribution >= 4 is 33.6 Å². The van der Waals surface area contributed by atoms with Gasteiger partial charge in [0.05, 0.1) is 5.56 Å². The zero-order chi connectivity index (χ0) is 11.2. The Balaban J connectivity index is 0.000000500. The SMILES string of the molecule is FC(F)(F)c1ccc(P)cc1.[Cl][Pd][Cl]. The number of benzene rings is 1. The fraction of sp³-hybridized carbons (Fsp3) is 0.143. The van der Waals surface area contributed by atoms with Gasteiger partial charge in [-0.15, -0.1) is 9.24 Å². The number of alkyl halides is 3. The number of rotatable bonds is 0. The van der Waals surface area contributed by atoms with Crippen molar-refractivity contribution in [3.8, 4) is 0 Å². The molecule has 0 spiro atoms. The molecule has 0 nitrogen and oxygen atoms in total. The van der Waals surface area contributed by atoms with E-state index in [1.54, 1.807) is 0 Å². The second kappa shape index (κ2) is 7.04. The van der Waals surface area contributed by atoms with Gasteiger partial charge in [0.2, 0.25) is 0 Å². The molecule has 14 heavy (non-hydrogen) atoms. The Kier molecular flexibility index (Phi) is 7.38. The molecule has 0 N–H and O–H groups in total. The molecule has 84 valence electrons. The van der Waals surface area contributed by atoms with Crippen molar-refractivity contribution in [2.24, 2.45) is 0 Å². The van der Waals surface area contributed by atoms with Crippen LogP contribution in [0.4, 0.5) is 13.2 Å². The predicted molar refractivity (Wildman–Crippen MR) is 52.5 cm³/mol. The van der Waals surface area contributed by atoms with Gasteiger partial charge in [-0.1, -0.05) is 12.1 Å². The molecule has 1 rings (SSSR count). The summed E-state index contributed by atoms with van der Waals surface area (Å²) in [4.78, 5) is 0. The van der Waals surface area contributed by atoms with Crippen LogP contribution < -0.4 is 5.30 Å². The van der Waals surface area contributed by atoms with Gasteiger partial charge in [0, 0.05) is 0 Å². The summed E-state index contributed by atoms with van der Waals surface area (Å²) in [5, 5.41) is 0.748. The monoisotopic (exact) mass is 354 g/mol. The van der Waals surface area contributed by atoms with Crippen LogP contribution in [-0.4, -0.2) is 0 Å².